The van der Waals surface area contributed by atoms with Gasteiger partial charge in [-0.05, 0) is 38.5 Å². The molecule has 0 aliphatic carbocycles. The number of hydrogen-bond acceptors (Lipinski definition) is 6. The molecule has 0 aromatic rings. The number of nitrogens with one attached hydrogen (secondary N) is 1. The van der Waals surface area contributed by atoms with Gasteiger partial charge in [0.2, 0.25) is 13.3 Å². The maximum atomic E-state index is 12.5. The van der Waals surface area contributed by atoms with Gasteiger partial charge in [-0.1, -0.05) is 70.4 Å². The van der Waals surface area contributed by atoms with Crippen LogP contribution in [0.5, 0.6) is 0 Å². The summed E-state index contributed by atoms with van der Waals surface area (Å²) in [6, 6.07) is -0.387. The molecule has 0 aromatic heterocycles. The number of hydrogen-bond donors (Lipinski definition) is 2. The molecule has 2 aliphatic heterocycles. The van der Waals surface area contributed by atoms with Gasteiger partial charge in [0.25, 0.3) is 0 Å². The fourth-order valence-corrected chi connectivity index (χ4v) is 5.12. The van der Waals surface area contributed by atoms with E-state index in [9.17, 15) is 14.3 Å². The normalized spacial score (nSPS) is 22.2. The number of carbonyl (C=O) groups is 1. The summed E-state index contributed by atoms with van der Waals surface area (Å²) in [7, 11) is -3.16. The van der Waals surface area contributed by atoms with Gasteiger partial charge in [0, 0.05) is 31.8 Å². The standard InChI is InChI=1S/C28H49N4O4P/c1-3-4-5-6-7-8-9-10-11-12-13-14-15-16-17-18-25(33)32-28-27-26(30-22-31-28)24(21-29-27)19-20-36-23-37(2,34)35/h10-11,21-22,24,26-27H,3-9,12-20,23H2,1-2H3,(H,34,35)(H,30,31,32,33)/b11-10-. The third kappa shape index (κ3) is 14.2. The topological polar surface area (TPSA) is 113 Å². The lowest BCUT2D eigenvalue weighted by Crippen LogP contribution is -2.45. The predicted molar refractivity (Wildman–Crippen MR) is 154 cm³/mol. The summed E-state index contributed by atoms with van der Waals surface area (Å²) in [5.74, 6) is 0.601. The molecule has 2 aliphatic rings. The average molecular weight is 537 g/mol. The second-order valence-electron chi connectivity index (χ2n) is 10.4. The molecule has 4 unspecified atom stereocenters. The maximum absolute atomic E-state index is 12.5. The van der Waals surface area contributed by atoms with Gasteiger partial charge < -0.3 is 14.9 Å². The quantitative estimate of drug-likeness (QED) is 0.108. The lowest BCUT2D eigenvalue weighted by molar-refractivity contribution is -0.119. The molecular weight excluding hydrogens is 487 g/mol. The second-order valence-corrected chi connectivity index (χ2v) is 12.8. The Morgan fingerprint density at radius 2 is 1.68 bits per heavy atom. The van der Waals surface area contributed by atoms with Crippen LogP contribution in [0.4, 0.5) is 0 Å². The Morgan fingerprint density at radius 1 is 1.03 bits per heavy atom. The van der Waals surface area contributed by atoms with Crippen molar-refractivity contribution in [2.24, 2.45) is 20.9 Å². The van der Waals surface area contributed by atoms with E-state index in [0.717, 1.165) is 25.7 Å². The molecule has 2 N–H and O–H groups in total. The van der Waals surface area contributed by atoms with Crippen LogP contribution in [0, 0.1) is 5.92 Å². The van der Waals surface area contributed by atoms with Crippen LogP contribution in [0.1, 0.15) is 103 Å². The van der Waals surface area contributed by atoms with Crippen molar-refractivity contribution in [1.29, 1.82) is 0 Å². The number of ether oxygens (including phenoxy) is 1. The van der Waals surface area contributed by atoms with Crippen LogP contribution in [0.25, 0.3) is 0 Å². The highest BCUT2D eigenvalue weighted by molar-refractivity contribution is 7.56. The zero-order valence-electron chi connectivity index (χ0n) is 23.0. The number of aliphatic imine (C=N–C) groups is 3. The van der Waals surface area contributed by atoms with Gasteiger partial charge in [-0.15, -0.1) is 0 Å². The minimum absolute atomic E-state index is 0.0194. The van der Waals surface area contributed by atoms with E-state index in [-0.39, 0.29) is 30.3 Å². The van der Waals surface area contributed by atoms with Crippen molar-refractivity contribution in [2.75, 3.05) is 19.6 Å². The number of carbonyl (C=O) groups excluding carboxylic acids is 1. The fourth-order valence-electron chi connectivity index (χ4n) is 4.65. The highest BCUT2D eigenvalue weighted by atomic mass is 31.2. The van der Waals surface area contributed by atoms with Crippen LogP contribution in [0.15, 0.2) is 27.1 Å². The van der Waals surface area contributed by atoms with Gasteiger partial charge in [0.15, 0.2) is 0 Å². The average Bonchev–Trinajstić information content (AvgIpc) is 3.28. The molecule has 0 radical (unpaired) electrons. The lowest BCUT2D eigenvalue weighted by Gasteiger charge is -2.24. The molecular formula is C28H49N4O4P. The molecule has 8 nitrogen and oxygen atoms in total. The predicted octanol–water partition coefficient (Wildman–Crippen LogP) is 6.28. The molecule has 9 heteroatoms. The molecule has 0 aromatic carbocycles. The number of fused-ring (bicyclic) bond motifs is 1. The van der Waals surface area contributed by atoms with Crippen molar-refractivity contribution in [3.8, 4) is 0 Å². The van der Waals surface area contributed by atoms with Gasteiger partial charge in [-0.2, -0.15) is 0 Å². The highest BCUT2D eigenvalue weighted by Gasteiger charge is 2.38. The van der Waals surface area contributed by atoms with Crippen LogP contribution in [0.3, 0.4) is 0 Å². The lowest BCUT2D eigenvalue weighted by atomic mass is 9.94. The third-order valence-electron chi connectivity index (χ3n) is 6.78. The van der Waals surface area contributed by atoms with E-state index in [1.165, 1.54) is 70.8 Å². The number of amides is 1. The van der Waals surface area contributed by atoms with Crippen molar-refractivity contribution in [2.45, 2.75) is 115 Å². The number of unbranched alkanes of at least 4 members (excludes halogenated alkanes) is 11. The molecule has 2 rings (SSSR count). The molecule has 210 valence electrons. The summed E-state index contributed by atoms with van der Waals surface area (Å²) in [4.78, 5) is 35.0. The maximum Gasteiger partial charge on any atom is 0.225 e. The SMILES string of the molecule is CCCCCCCC/C=C\CCCCCCCC(=O)NC1=NC=NC2C(CCOCP(C)(=O)O)C=NC12. The van der Waals surface area contributed by atoms with Gasteiger partial charge in [0.1, 0.15) is 24.6 Å². The Labute approximate surface area is 224 Å². The largest absolute Gasteiger partial charge is 0.371 e. The fraction of sp³-hybridized carbons (Fsp3) is 0.786. The zero-order valence-corrected chi connectivity index (χ0v) is 23.9. The first-order valence-corrected chi connectivity index (χ1v) is 16.6. The smallest absolute Gasteiger partial charge is 0.225 e. The molecule has 0 bridgehead atoms. The molecule has 2 heterocycles. The van der Waals surface area contributed by atoms with Crippen molar-refractivity contribution in [3.63, 3.8) is 0 Å². The summed E-state index contributed by atoms with van der Waals surface area (Å²) in [5.41, 5.74) is 0. The van der Waals surface area contributed by atoms with E-state index in [1.54, 1.807) is 0 Å². The van der Waals surface area contributed by atoms with Crippen molar-refractivity contribution >= 4 is 31.7 Å². The van der Waals surface area contributed by atoms with E-state index < -0.39 is 7.37 Å². The molecule has 0 saturated carbocycles. The van der Waals surface area contributed by atoms with Crippen molar-refractivity contribution in [1.82, 2.24) is 5.32 Å². The summed E-state index contributed by atoms with van der Waals surface area (Å²) < 4.78 is 16.7. The Bertz CT molecular complexity index is 821. The zero-order chi connectivity index (χ0) is 26.8. The third-order valence-corrected chi connectivity index (χ3v) is 7.44. The molecule has 0 spiro atoms. The first kappa shape index (κ1) is 31.6. The van der Waals surface area contributed by atoms with Gasteiger partial charge in [-0.25, -0.2) is 4.99 Å². The number of allylic oxidation sites excluding steroid dienone is 2. The molecule has 4 atom stereocenters. The molecule has 37 heavy (non-hydrogen) atoms. The highest BCUT2D eigenvalue weighted by Crippen LogP contribution is 2.35. The van der Waals surface area contributed by atoms with E-state index in [0.29, 0.717) is 25.3 Å². The van der Waals surface area contributed by atoms with Crippen LogP contribution in [-0.4, -0.2) is 60.9 Å². The van der Waals surface area contributed by atoms with Crippen LogP contribution < -0.4 is 5.32 Å². The Hall–Kier alpha value is -1.63. The van der Waals surface area contributed by atoms with E-state index in [1.807, 2.05) is 6.21 Å². The number of rotatable bonds is 20. The van der Waals surface area contributed by atoms with Crippen LogP contribution >= 0.6 is 7.37 Å². The Balaban J connectivity index is 1.49. The number of nitrogens with zero attached hydrogens (tertiary/aromatic N) is 3. The summed E-state index contributed by atoms with van der Waals surface area (Å²) in [6.45, 7) is 3.91. The van der Waals surface area contributed by atoms with Crippen molar-refractivity contribution in [3.05, 3.63) is 12.2 Å². The Morgan fingerprint density at radius 3 is 2.35 bits per heavy atom. The summed E-state index contributed by atoms with van der Waals surface area (Å²) >= 11 is 0. The summed E-state index contributed by atoms with van der Waals surface area (Å²) in [6.07, 6.45) is 25.1. The first-order valence-electron chi connectivity index (χ1n) is 14.3. The van der Waals surface area contributed by atoms with E-state index in [2.05, 4.69) is 39.4 Å². The minimum atomic E-state index is -3.16. The van der Waals surface area contributed by atoms with Gasteiger partial charge in [-0.3, -0.25) is 19.3 Å². The van der Waals surface area contributed by atoms with Crippen LogP contribution in [-0.2, 0) is 14.1 Å². The van der Waals surface area contributed by atoms with Crippen LogP contribution in [0.2, 0.25) is 0 Å². The summed E-state index contributed by atoms with van der Waals surface area (Å²) in [5, 5.41) is 2.94. The number of amidine groups is 1. The Kier molecular flexibility index (Phi) is 15.9. The first-order chi connectivity index (χ1) is 17.9. The van der Waals surface area contributed by atoms with Gasteiger partial charge >= 0.3 is 0 Å². The molecule has 0 saturated heterocycles. The molecule has 0 fully saturated rings. The minimum Gasteiger partial charge on any atom is -0.371 e. The monoisotopic (exact) mass is 536 g/mol. The second kappa shape index (κ2) is 18.6. The molecule has 1 amide bonds. The van der Waals surface area contributed by atoms with Gasteiger partial charge in [0.05, 0.1) is 6.04 Å². The van der Waals surface area contributed by atoms with E-state index >= 15 is 0 Å². The van der Waals surface area contributed by atoms with Crippen molar-refractivity contribution < 1.29 is 19.0 Å². The van der Waals surface area contributed by atoms with E-state index in [4.69, 9.17) is 4.74 Å².